The molecule has 1 aliphatic rings. The van der Waals surface area contributed by atoms with Gasteiger partial charge < -0.3 is 4.90 Å². The van der Waals surface area contributed by atoms with Gasteiger partial charge in [0.1, 0.15) is 18.2 Å². The Hall–Kier alpha value is -1.98. The summed E-state index contributed by atoms with van der Waals surface area (Å²) in [4.78, 5) is 34.9. The number of hydrogen-bond donors (Lipinski definition) is 0. The zero-order chi connectivity index (χ0) is 14.4. The third-order valence-corrected chi connectivity index (χ3v) is 3.30. The van der Waals surface area contributed by atoms with Gasteiger partial charge in [0.25, 0.3) is 5.91 Å². The second-order valence-electron chi connectivity index (χ2n) is 5.75. The summed E-state index contributed by atoms with van der Waals surface area (Å²) < 4.78 is 0. The van der Waals surface area contributed by atoms with Crippen LogP contribution in [0.15, 0.2) is 12.4 Å². The van der Waals surface area contributed by atoms with E-state index in [1.54, 1.807) is 20.0 Å². The summed E-state index contributed by atoms with van der Waals surface area (Å²) in [6.07, 6.45) is 1.39. The van der Waals surface area contributed by atoms with Crippen molar-refractivity contribution in [2.24, 2.45) is 0 Å². The molecule has 2 heterocycles. The molecule has 3 amide bonds. The SMILES string of the molecule is C[C@H]1C(=O)N(c2cc(C(C)(C)C)ncn2)C(=O)N1C. The van der Waals surface area contributed by atoms with Gasteiger partial charge in [-0.15, -0.1) is 0 Å². The molecule has 2 rings (SSSR count). The predicted molar refractivity (Wildman–Crippen MR) is 70.8 cm³/mol. The van der Waals surface area contributed by atoms with Crippen LogP contribution in [0.25, 0.3) is 0 Å². The van der Waals surface area contributed by atoms with Crippen LogP contribution in [0.3, 0.4) is 0 Å². The van der Waals surface area contributed by atoms with Crippen molar-refractivity contribution in [3.63, 3.8) is 0 Å². The van der Waals surface area contributed by atoms with Gasteiger partial charge in [0.2, 0.25) is 0 Å². The molecular weight excluding hydrogens is 244 g/mol. The van der Waals surface area contributed by atoms with Crippen LogP contribution in [0, 0.1) is 0 Å². The normalized spacial score (nSPS) is 20.4. The molecule has 1 aromatic rings. The maximum Gasteiger partial charge on any atom is 0.333 e. The van der Waals surface area contributed by atoms with Crippen LogP contribution in [0.4, 0.5) is 10.6 Å². The van der Waals surface area contributed by atoms with Gasteiger partial charge in [-0.25, -0.2) is 19.7 Å². The van der Waals surface area contributed by atoms with Crippen molar-refractivity contribution in [1.29, 1.82) is 0 Å². The average Bonchev–Trinajstić information content (AvgIpc) is 2.53. The average molecular weight is 262 g/mol. The molecule has 0 N–H and O–H groups in total. The standard InChI is InChI=1S/C13H18N4O2/c1-8-11(18)17(12(19)16(8)5)10-6-9(13(2,3)4)14-7-15-10/h6-8H,1-5H3/t8-/m0/s1. The number of nitrogens with zero attached hydrogens (tertiary/aromatic N) is 4. The van der Waals surface area contributed by atoms with Gasteiger partial charge in [-0.05, 0) is 6.92 Å². The monoisotopic (exact) mass is 262 g/mol. The van der Waals surface area contributed by atoms with E-state index < -0.39 is 6.04 Å². The fourth-order valence-corrected chi connectivity index (χ4v) is 1.86. The van der Waals surface area contributed by atoms with E-state index in [4.69, 9.17) is 0 Å². The van der Waals surface area contributed by atoms with Gasteiger partial charge in [0.15, 0.2) is 0 Å². The predicted octanol–water partition coefficient (Wildman–Crippen LogP) is 1.56. The van der Waals surface area contributed by atoms with E-state index in [9.17, 15) is 9.59 Å². The van der Waals surface area contributed by atoms with Gasteiger partial charge in [0, 0.05) is 18.5 Å². The van der Waals surface area contributed by atoms with Crippen LogP contribution in [0.2, 0.25) is 0 Å². The van der Waals surface area contributed by atoms with Gasteiger partial charge in [-0.2, -0.15) is 0 Å². The van der Waals surface area contributed by atoms with Gasteiger partial charge >= 0.3 is 6.03 Å². The molecule has 1 aromatic heterocycles. The molecule has 0 aliphatic carbocycles. The number of likely N-dealkylation sites (N-methyl/N-ethyl adjacent to an activating group) is 1. The van der Waals surface area contributed by atoms with Crippen LogP contribution >= 0.6 is 0 Å². The largest absolute Gasteiger partial charge is 0.333 e. The zero-order valence-electron chi connectivity index (χ0n) is 11.8. The lowest BCUT2D eigenvalue weighted by atomic mass is 9.92. The highest BCUT2D eigenvalue weighted by atomic mass is 16.2. The fourth-order valence-electron chi connectivity index (χ4n) is 1.86. The van der Waals surface area contributed by atoms with Crippen LogP contribution in [0.5, 0.6) is 0 Å². The Kier molecular flexibility index (Phi) is 3.04. The molecule has 1 fully saturated rings. The molecule has 0 bridgehead atoms. The van der Waals surface area contributed by atoms with E-state index in [0.29, 0.717) is 5.82 Å². The van der Waals surface area contributed by atoms with Crippen LogP contribution < -0.4 is 4.90 Å². The van der Waals surface area contributed by atoms with E-state index >= 15 is 0 Å². The summed E-state index contributed by atoms with van der Waals surface area (Å²) in [7, 11) is 1.61. The van der Waals surface area contributed by atoms with Gasteiger partial charge in [-0.1, -0.05) is 20.8 Å². The third kappa shape index (κ3) is 2.18. The smallest absolute Gasteiger partial charge is 0.315 e. The third-order valence-electron chi connectivity index (χ3n) is 3.30. The molecule has 19 heavy (non-hydrogen) atoms. The lowest BCUT2D eigenvalue weighted by molar-refractivity contribution is -0.119. The highest BCUT2D eigenvalue weighted by Crippen LogP contribution is 2.26. The summed E-state index contributed by atoms with van der Waals surface area (Å²) in [6.45, 7) is 7.75. The number of rotatable bonds is 1. The quantitative estimate of drug-likeness (QED) is 0.720. The molecule has 6 nitrogen and oxygen atoms in total. The molecular formula is C13H18N4O2. The first-order chi connectivity index (χ1) is 8.73. The highest BCUT2D eigenvalue weighted by molar-refractivity contribution is 6.20. The first-order valence-electron chi connectivity index (χ1n) is 6.17. The number of carbonyl (C=O) groups is 2. The number of aromatic nitrogens is 2. The lowest BCUT2D eigenvalue weighted by Gasteiger charge is -2.19. The van der Waals surface area contributed by atoms with Crippen LogP contribution in [-0.4, -0.2) is 39.9 Å². The van der Waals surface area contributed by atoms with Gasteiger partial charge in [-0.3, -0.25) is 4.79 Å². The number of hydrogen-bond acceptors (Lipinski definition) is 4. The van der Waals surface area contributed by atoms with E-state index in [1.807, 2.05) is 20.8 Å². The van der Waals surface area contributed by atoms with Crippen LogP contribution in [-0.2, 0) is 10.2 Å². The number of anilines is 1. The molecule has 0 spiro atoms. The van der Waals surface area contributed by atoms with Crippen molar-refractivity contribution in [2.45, 2.75) is 39.2 Å². The Bertz CT molecular complexity index is 516. The molecule has 0 saturated carbocycles. The Morgan fingerprint density at radius 2 is 1.84 bits per heavy atom. The Labute approximate surface area is 112 Å². The second-order valence-corrected chi connectivity index (χ2v) is 5.75. The van der Waals surface area contributed by atoms with E-state index in [2.05, 4.69) is 9.97 Å². The summed E-state index contributed by atoms with van der Waals surface area (Å²) in [5.74, 6) is 0.0807. The van der Waals surface area contributed by atoms with Crippen molar-refractivity contribution < 1.29 is 9.59 Å². The first kappa shape index (κ1) is 13.5. The maximum atomic E-state index is 12.1. The summed E-state index contributed by atoms with van der Waals surface area (Å²) in [6, 6.07) is 0.887. The Morgan fingerprint density at radius 1 is 1.21 bits per heavy atom. The number of urea groups is 1. The second kappa shape index (κ2) is 4.29. The minimum absolute atomic E-state index is 0.166. The summed E-state index contributed by atoms with van der Waals surface area (Å²) >= 11 is 0. The zero-order valence-corrected chi connectivity index (χ0v) is 11.8. The summed E-state index contributed by atoms with van der Waals surface area (Å²) in [5.41, 5.74) is 0.626. The number of carbonyl (C=O) groups excluding carboxylic acids is 2. The van der Waals surface area contributed by atoms with Crippen molar-refractivity contribution in [2.75, 3.05) is 11.9 Å². The van der Waals surface area contributed by atoms with E-state index in [0.717, 1.165) is 10.6 Å². The topological polar surface area (TPSA) is 66.4 Å². The van der Waals surface area contributed by atoms with E-state index in [-0.39, 0.29) is 17.4 Å². The molecule has 0 unspecified atom stereocenters. The molecule has 6 heteroatoms. The summed E-state index contributed by atoms with van der Waals surface area (Å²) in [5, 5.41) is 0. The number of imide groups is 1. The van der Waals surface area contributed by atoms with Crippen LogP contribution in [0.1, 0.15) is 33.4 Å². The van der Waals surface area contributed by atoms with Gasteiger partial charge in [0.05, 0.1) is 5.69 Å². The maximum absolute atomic E-state index is 12.1. The van der Waals surface area contributed by atoms with Crippen molar-refractivity contribution in [3.8, 4) is 0 Å². The first-order valence-corrected chi connectivity index (χ1v) is 6.17. The Morgan fingerprint density at radius 3 is 2.32 bits per heavy atom. The lowest BCUT2D eigenvalue weighted by Crippen LogP contribution is -2.32. The molecule has 1 saturated heterocycles. The highest BCUT2D eigenvalue weighted by Gasteiger charge is 2.42. The molecule has 1 aliphatic heterocycles. The van der Waals surface area contributed by atoms with Crippen molar-refractivity contribution >= 4 is 17.8 Å². The van der Waals surface area contributed by atoms with Crippen molar-refractivity contribution in [1.82, 2.24) is 14.9 Å². The van der Waals surface area contributed by atoms with E-state index in [1.165, 1.54) is 11.2 Å². The molecule has 1 atom stereocenters. The number of amides is 3. The minimum atomic E-state index is -0.458. The van der Waals surface area contributed by atoms with Crippen molar-refractivity contribution in [3.05, 3.63) is 18.1 Å². The molecule has 0 aromatic carbocycles. The molecule has 0 radical (unpaired) electrons. The molecule has 102 valence electrons. The Balaban J connectivity index is 2.43. The fraction of sp³-hybridized carbons (Fsp3) is 0.538. The minimum Gasteiger partial charge on any atom is -0.315 e.